The summed E-state index contributed by atoms with van der Waals surface area (Å²) >= 11 is 0. The number of hydrogen-bond acceptors (Lipinski definition) is 3. The first-order valence-corrected chi connectivity index (χ1v) is 32.9. The minimum absolute atomic E-state index is 0.0809. The molecule has 0 heterocycles. The maximum atomic E-state index is 12.5. The number of unbranched alkanes of at least 4 members (excludes halogenated alkanes) is 32. The molecule has 0 aliphatic rings. The number of aliphatic hydroxyl groups is 2. The molecule has 4 nitrogen and oxygen atoms in total. The molecule has 0 spiro atoms. The van der Waals surface area contributed by atoms with Gasteiger partial charge in [0, 0.05) is 6.42 Å². The van der Waals surface area contributed by atoms with Crippen LogP contribution in [0.15, 0.2) is 134 Å². The highest BCUT2D eigenvalue weighted by Gasteiger charge is 2.18. The Balaban J connectivity index is 3.61. The predicted molar refractivity (Wildman–Crippen MR) is 345 cm³/mol. The first kappa shape index (κ1) is 73.5. The highest BCUT2D eigenvalue weighted by molar-refractivity contribution is 5.76. The van der Waals surface area contributed by atoms with Crippen molar-refractivity contribution in [3.05, 3.63) is 134 Å². The molecule has 2 atom stereocenters. The highest BCUT2D eigenvalue weighted by Crippen LogP contribution is 2.17. The number of nitrogens with one attached hydrogen (secondary N) is 1. The summed E-state index contributed by atoms with van der Waals surface area (Å²) in [5.41, 5.74) is 0. The Labute approximate surface area is 479 Å². The molecule has 0 aliphatic carbocycles. The van der Waals surface area contributed by atoms with Crippen molar-refractivity contribution in [1.82, 2.24) is 5.32 Å². The van der Waals surface area contributed by atoms with Gasteiger partial charge in [-0.25, -0.2) is 0 Å². The summed E-state index contributed by atoms with van der Waals surface area (Å²) in [5.74, 6) is -0.0809. The Kier molecular flexibility index (Phi) is 63.8. The molecule has 1 amide bonds. The van der Waals surface area contributed by atoms with Gasteiger partial charge in [-0.3, -0.25) is 4.79 Å². The molecule has 0 bridgehead atoms. The first-order chi connectivity index (χ1) is 38.2. The lowest BCUT2D eigenvalue weighted by Gasteiger charge is -2.20. The van der Waals surface area contributed by atoms with E-state index in [9.17, 15) is 15.0 Å². The topological polar surface area (TPSA) is 69.6 Å². The van der Waals surface area contributed by atoms with Gasteiger partial charge < -0.3 is 15.5 Å². The molecule has 77 heavy (non-hydrogen) atoms. The van der Waals surface area contributed by atoms with Crippen LogP contribution in [0.2, 0.25) is 0 Å². The van der Waals surface area contributed by atoms with E-state index >= 15 is 0 Å². The number of amides is 1. The van der Waals surface area contributed by atoms with Gasteiger partial charge in [-0.1, -0.05) is 334 Å². The summed E-state index contributed by atoms with van der Waals surface area (Å²) in [6.07, 6.45) is 104. The fourth-order valence-corrected chi connectivity index (χ4v) is 9.44. The number of rotatable bonds is 59. The minimum atomic E-state index is -0.857. The molecule has 2 unspecified atom stereocenters. The number of allylic oxidation sites excluding steroid dienone is 21. The van der Waals surface area contributed by atoms with Crippen LogP contribution in [-0.4, -0.2) is 34.9 Å². The van der Waals surface area contributed by atoms with Crippen LogP contribution < -0.4 is 5.32 Å². The van der Waals surface area contributed by atoms with Gasteiger partial charge in [0.2, 0.25) is 5.91 Å². The van der Waals surface area contributed by atoms with Crippen LogP contribution in [0.4, 0.5) is 0 Å². The van der Waals surface area contributed by atoms with Crippen LogP contribution in [-0.2, 0) is 4.79 Å². The van der Waals surface area contributed by atoms with Crippen molar-refractivity contribution >= 4 is 5.91 Å². The molecule has 3 N–H and O–H groups in total. The zero-order valence-electron chi connectivity index (χ0n) is 50.7. The van der Waals surface area contributed by atoms with Gasteiger partial charge in [-0.2, -0.15) is 0 Å². The lowest BCUT2D eigenvalue weighted by Crippen LogP contribution is -2.45. The third-order valence-electron chi connectivity index (χ3n) is 14.4. The van der Waals surface area contributed by atoms with Crippen molar-refractivity contribution in [3.8, 4) is 0 Å². The molecule has 0 radical (unpaired) electrons. The van der Waals surface area contributed by atoms with E-state index in [-0.39, 0.29) is 12.5 Å². The number of hydrogen-bond donors (Lipinski definition) is 3. The highest BCUT2D eigenvalue weighted by atomic mass is 16.3. The molecule has 0 saturated carbocycles. The maximum Gasteiger partial charge on any atom is 0.220 e. The molecule has 0 rings (SSSR count). The second kappa shape index (κ2) is 66.8. The molecule has 4 heteroatoms. The van der Waals surface area contributed by atoms with Crippen LogP contribution in [0.1, 0.15) is 303 Å². The lowest BCUT2D eigenvalue weighted by molar-refractivity contribution is -0.123. The number of carbonyl (C=O) groups is 1. The standard InChI is InChI=1S/C73H125NO3/c1-3-5-7-9-11-13-15-17-19-21-23-25-27-29-31-33-34-35-36-37-38-39-40-41-43-45-47-49-51-53-55-57-59-61-63-65-67-69-73(77)74-71(70-75)72(76)68-66-64-62-60-58-56-54-52-50-48-46-44-42-32-30-28-26-24-22-20-18-16-14-12-10-8-6-4-2/h5,7,11,13,17,19,23,25,29,31,34-35,37-38,40-41,45,47,51,53,66,68,71-72,75-76H,3-4,6,8-10,12,14-16,18,20-22,24,26-28,30,32-33,36,39,42-44,46,48-50,52,54-65,67,69-70H2,1-2H3,(H,74,77)/b7-5-,13-11-,19-17-,25-23-,31-29-,35-34-,38-37-,41-40-,47-45-,53-51-,68-66+. The maximum absolute atomic E-state index is 12.5. The van der Waals surface area contributed by atoms with Crippen molar-refractivity contribution in [2.45, 2.75) is 315 Å². The fourth-order valence-electron chi connectivity index (χ4n) is 9.44. The van der Waals surface area contributed by atoms with Gasteiger partial charge in [0.25, 0.3) is 0 Å². The van der Waals surface area contributed by atoms with E-state index in [0.29, 0.717) is 6.42 Å². The molecule has 0 aromatic carbocycles. The van der Waals surface area contributed by atoms with Gasteiger partial charge in [0.15, 0.2) is 0 Å². The van der Waals surface area contributed by atoms with E-state index in [1.54, 1.807) is 6.08 Å². The summed E-state index contributed by atoms with van der Waals surface area (Å²) in [4.78, 5) is 12.5. The minimum Gasteiger partial charge on any atom is -0.394 e. The van der Waals surface area contributed by atoms with Crippen LogP contribution in [0.3, 0.4) is 0 Å². The van der Waals surface area contributed by atoms with E-state index in [4.69, 9.17) is 0 Å². The Bertz CT molecular complexity index is 1540. The summed E-state index contributed by atoms with van der Waals surface area (Å²) in [6.45, 7) is 4.21. The quantitative estimate of drug-likeness (QED) is 0.0420. The van der Waals surface area contributed by atoms with Crippen LogP contribution in [0.25, 0.3) is 0 Å². The first-order valence-electron chi connectivity index (χ1n) is 32.9. The summed E-state index contributed by atoms with van der Waals surface area (Å²) in [5, 5.41) is 23.3. The summed E-state index contributed by atoms with van der Waals surface area (Å²) in [7, 11) is 0. The van der Waals surface area contributed by atoms with E-state index in [1.165, 1.54) is 180 Å². The SMILES string of the molecule is CC/C=C\C/C=C\C/C=C\C/C=C\C/C=C\C/C=C\C/C=C\C/C=C\C/C=C\C/C=C\CCCCCCCCC(=O)NC(CO)C(O)/C=C/CCCCCCCCCCCCCCCCCCCCCCCCCCCC. The summed E-state index contributed by atoms with van der Waals surface area (Å²) < 4.78 is 0. The van der Waals surface area contributed by atoms with E-state index in [0.717, 1.165) is 103 Å². The van der Waals surface area contributed by atoms with E-state index in [2.05, 4.69) is 141 Å². The average molecular weight is 1060 g/mol. The Morgan fingerprint density at radius 1 is 0.325 bits per heavy atom. The number of carbonyl (C=O) groups excluding carboxylic acids is 1. The zero-order valence-corrected chi connectivity index (χ0v) is 50.7. The van der Waals surface area contributed by atoms with Crippen molar-refractivity contribution < 1.29 is 15.0 Å². The molecule has 0 fully saturated rings. The lowest BCUT2D eigenvalue weighted by atomic mass is 10.0. The second-order valence-corrected chi connectivity index (χ2v) is 21.8. The molecule has 0 saturated heterocycles. The smallest absolute Gasteiger partial charge is 0.220 e. The Morgan fingerprint density at radius 3 is 0.857 bits per heavy atom. The third kappa shape index (κ3) is 63.2. The van der Waals surface area contributed by atoms with Gasteiger partial charge in [-0.15, -0.1) is 0 Å². The van der Waals surface area contributed by atoms with Gasteiger partial charge >= 0.3 is 0 Å². The molecule has 0 aromatic rings. The van der Waals surface area contributed by atoms with Crippen molar-refractivity contribution in [3.63, 3.8) is 0 Å². The second-order valence-electron chi connectivity index (χ2n) is 21.8. The van der Waals surface area contributed by atoms with Gasteiger partial charge in [0.1, 0.15) is 0 Å². The van der Waals surface area contributed by atoms with Gasteiger partial charge in [-0.05, 0) is 96.3 Å². The Morgan fingerprint density at radius 2 is 0.571 bits per heavy atom. The molecule has 0 aromatic heterocycles. The third-order valence-corrected chi connectivity index (χ3v) is 14.4. The van der Waals surface area contributed by atoms with Gasteiger partial charge in [0.05, 0.1) is 18.8 Å². The van der Waals surface area contributed by atoms with Crippen LogP contribution in [0, 0.1) is 0 Å². The Hall–Kier alpha value is -3.47. The van der Waals surface area contributed by atoms with Crippen LogP contribution in [0.5, 0.6) is 0 Å². The van der Waals surface area contributed by atoms with Crippen molar-refractivity contribution in [2.24, 2.45) is 0 Å². The monoisotopic (exact) mass is 1060 g/mol. The molecule has 0 aliphatic heterocycles. The van der Waals surface area contributed by atoms with Crippen molar-refractivity contribution in [2.75, 3.05) is 6.61 Å². The van der Waals surface area contributed by atoms with E-state index in [1.807, 2.05) is 6.08 Å². The molecular formula is C73H125NO3. The van der Waals surface area contributed by atoms with E-state index < -0.39 is 12.1 Å². The molecular weight excluding hydrogens is 939 g/mol. The number of aliphatic hydroxyl groups excluding tert-OH is 2. The zero-order chi connectivity index (χ0) is 55.5. The van der Waals surface area contributed by atoms with Crippen LogP contribution >= 0.6 is 0 Å². The largest absolute Gasteiger partial charge is 0.394 e. The van der Waals surface area contributed by atoms with Crippen molar-refractivity contribution in [1.29, 1.82) is 0 Å². The predicted octanol–water partition coefficient (Wildman–Crippen LogP) is 22.5. The average Bonchev–Trinajstić information content (AvgIpc) is 3.43. The fraction of sp³-hybridized carbons (Fsp3) is 0.685. The summed E-state index contributed by atoms with van der Waals surface area (Å²) in [6, 6.07) is -0.642. The molecule has 440 valence electrons. The normalized spacial score (nSPS) is 13.7.